The molecule has 3 aromatic rings. The van der Waals surface area contributed by atoms with Crippen LogP contribution in [0.1, 0.15) is 11.3 Å². The molecule has 7 nitrogen and oxygen atoms in total. The van der Waals surface area contributed by atoms with Crippen molar-refractivity contribution in [2.75, 3.05) is 0 Å². The van der Waals surface area contributed by atoms with Crippen molar-refractivity contribution >= 4 is 38.7 Å². The number of hydrogen-bond donors (Lipinski definition) is 1. The Balaban J connectivity index is 1.93. The molecule has 2 aromatic carbocycles. The number of aromatic nitrogens is 1. The summed E-state index contributed by atoms with van der Waals surface area (Å²) in [6.45, 7) is 1.83. The first-order chi connectivity index (χ1) is 13.8. The maximum atomic E-state index is 12.9. The molecule has 0 saturated heterocycles. The zero-order valence-electron chi connectivity index (χ0n) is 15.2. The molecule has 0 amide bonds. The Bertz CT molecular complexity index is 1140. The van der Waals surface area contributed by atoms with E-state index in [0.29, 0.717) is 4.90 Å². The summed E-state index contributed by atoms with van der Waals surface area (Å²) in [7, 11) is -4.17. The molecule has 0 radical (unpaired) electrons. The van der Waals surface area contributed by atoms with E-state index in [1.165, 1.54) is 24.4 Å². The van der Waals surface area contributed by atoms with E-state index in [1.54, 1.807) is 42.5 Å². The van der Waals surface area contributed by atoms with E-state index in [1.807, 2.05) is 6.92 Å². The molecule has 29 heavy (non-hydrogen) atoms. The maximum Gasteiger partial charge on any atom is 0.358 e. The minimum atomic E-state index is -4.17. The van der Waals surface area contributed by atoms with Crippen LogP contribution in [0, 0.1) is 6.92 Å². The van der Waals surface area contributed by atoms with Gasteiger partial charge in [-0.15, -0.1) is 0 Å². The van der Waals surface area contributed by atoms with Gasteiger partial charge in [-0.2, -0.15) is 8.42 Å². The largest absolute Gasteiger partial charge is 0.606 e. The molecule has 0 aliphatic rings. The Labute approximate surface area is 176 Å². The molecule has 0 spiro atoms. The number of oxime groups is 1. The summed E-state index contributed by atoms with van der Waals surface area (Å²) in [4.78, 5) is 4.66. The third-order valence-corrected chi connectivity index (χ3v) is 6.50. The average Bonchev–Trinajstić information content (AvgIpc) is 2.72. The Morgan fingerprint density at radius 3 is 2.48 bits per heavy atom. The highest BCUT2D eigenvalue weighted by Gasteiger charge is 2.24. The first-order valence-electron chi connectivity index (χ1n) is 8.24. The van der Waals surface area contributed by atoms with Crippen LogP contribution in [0.3, 0.4) is 0 Å². The fourth-order valence-corrected chi connectivity index (χ4v) is 4.49. The number of aryl methyl sites for hydroxylation is 1. The maximum absolute atomic E-state index is 12.9. The lowest BCUT2D eigenvalue weighted by molar-refractivity contribution is 0.338. The van der Waals surface area contributed by atoms with Crippen LogP contribution in [0.2, 0.25) is 5.02 Å². The predicted molar refractivity (Wildman–Crippen MR) is 111 cm³/mol. The van der Waals surface area contributed by atoms with Crippen LogP contribution >= 0.6 is 11.6 Å². The van der Waals surface area contributed by atoms with Gasteiger partial charge in [-0.25, -0.2) is 4.98 Å². The molecule has 1 atom stereocenters. The molecule has 1 aromatic heterocycles. The molecule has 3 rings (SSSR count). The van der Waals surface area contributed by atoms with Crippen LogP contribution in [0.15, 0.2) is 86.7 Å². The number of benzene rings is 2. The molecule has 0 bridgehead atoms. The van der Waals surface area contributed by atoms with E-state index in [0.717, 1.165) is 5.56 Å². The van der Waals surface area contributed by atoms with Gasteiger partial charge in [0.1, 0.15) is 4.90 Å². The molecule has 0 fully saturated rings. The fourth-order valence-electron chi connectivity index (χ4n) is 2.31. The Kier molecular flexibility index (Phi) is 6.43. The number of nitrogens with two attached hydrogens (primary N) is 1. The van der Waals surface area contributed by atoms with Crippen molar-refractivity contribution in [3.8, 4) is 0 Å². The van der Waals surface area contributed by atoms with Crippen LogP contribution in [-0.2, 0) is 25.6 Å². The zero-order chi connectivity index (χ0) is 21.0. The summed E-state index contributed by atoms with van der Waals surface area (Å²) in [5.41, 5.74) is 6.80. The second-order valence-electron chi connectivity index (χ2n) is 5.90. The second kappa shape index (κ2) is 8.83. The van der Waals surface area contributed by atoms with Crippen molar-refractivity contribution in [1.82, 2.24) is 4.98 Å². The first-order valence-corrected chi connectivity index (χ1v) is 11.2. The van der Waals surface area contributed by atoms with Gasteiger partial charge in [-0.05, 0) is 36.3 Å². The van der Waals surface area contributed by atoms with E-state index in [9.17, 15) is 13.0 Å². The summed E-state index contributed by atoms with van der Waals surface area (Å²) in [6, 6.07) is 16.1. The standard InChI is InChI=1S/C19H16ClN3O4S2/c1-13-7-9-16(10-8-13)29(25,26)27-23-19(21)18-17(11-14(20)12-22-18)28(24)15-5-3-2-4-6-15/h2-12H,1H3,(H2,21,23). The lowest BCUT2D eigenvalue weighted by atomic mass is 10.2. The van der Waals surface area contributed by atoms with E-state index >= 15 is 0 Å². The van der Waals surface area contributed by atoms with E-state index in [-0.39, 0.29) is 26.3 Å². The first kappa shape index (κ1) is 21.1. The van der Waals surface area contributed by atoms with Crippen molar-refractivity contribution in [3.05, 3.63) is 83.1 Å². The van der Waals surface area contributed by atoms with Crippen molar-refractivity contribution in [3.63, 3.8) is 0 Å². The summed E-state index contributed by atoms with van der Waals surface area (Å²) in [5.74, 6) is -0.350. The summed E-state index contributed by atoms with van der Waals surface area (Å²) < 4.78 is 42.2. The van der Waals surface area contributed by atoms with Crippen molar-refractivity contribution < 1.29 is 17.3 Å². The highest BCUT2D eigenvalue weighted by molar-refractivity contribution is 7.91. The molecule has 150 valence electrons. The molecule has 0 saturated carbocycles. The lowest BCUT2D eigenvalue weighted by Crippen LogP contribution is -2.21. The number of halogens is 1. The zero-order valence-corrected chi connectivity index (χ0v) is 17.5. The van der Waals surface area contributed by atoms with Crippen molar-refractivity contribution in [2.24, 2.45) is 10.9 Å². The molecule has 0 aliphatic carbocycles. The molecular formula is C19H16ClN3O4S2. The smallest absolute Gasteiger partial charge is 0.358 e. The monoisotopic (exact) mass is 449 g/mol. The van der Waals surface area contributed by atoms with Gasteiger partial charge >= 0.3 is 10.1 Å². The summed E-state index contributed by atoms with van der Waals surface area (Å²) in [5, 5.41) is 3.74. The van der Waals surface area contributed by atoms with Crippen LogP contribution in [0.4, 0.5) is 0 Å². The number of amidine groups is 1. The van der Waals surface area contributed by atoms with Gasteiger partial charge in [-0.1, -0.05) is 47.5 Å². The highest BCUT2D eigenvalue weighted by atomic mass is 35.5. The Hall–Kier alpha value is -2.59. The summed E-state index contributed by atoms with van der Waals surface area (Å²) in [6.07, 6.45) is 1.29. The predicted octanol–water partition coefficient (Wildman–Crippen LogP) is 3.24. The quantitative estimate of drug-likeness (QED) is 0.267. The van der Waals surface area contributed by atoms with E-state index in [4.69, 9.17) is 21.6 Å². The van der Waals surface area contributed by atoms with E-state index in [2.05, 4.69) is 10.1 Å². The Morgan fingerprint density at radius 1 is 1.17 bits per heavy atom. The number of hydrogen-bond acceptors (Lipinski definition) is 6. The number of rotatable bonds is 6. The number of pyridine rings is 1. The van der Waals surface area contributed by atoms with E-state index < -0.39 is 21.3 Å². The molecule has 1 unspecified atom stereocenters. The third-order valence-electron chi connectivity index (χ3n) is 3.76. The van der Waals surface area contributed by atoms with Crippen LogP contribution < -0.4 is 5.73 Å². The van der Waals surface area contributed by atoms with Gasteiger partial charge in [0.2, 0.25) is 0 Å². The Morgan fingerprint density at radius 2 is 1.83 bits per heavy atom. The van der Waals surface area contributed by atoms with Gasteiger partial charge in [0.25, 0.3) is 0 Å². The molecule has 10 heteroatoms. The van der Waals surface area contributed by atoms with Gasteiger partial charge in [-0.3, -0.25) is 4.28 Å². The summed E-state index contributed by atoms with van der Waals surface area (Å²) >= 11 is 4.33. The van der Waals surface area contributed by atoms with Crippen molar-refractivity contribution in [2.45, 2.75) is 21.6 Å². The van der Waals surface area contributed by atoms with Crippen LogP contribution in [-0.4, -0.2) is 23.8 Å². The molecular weight excluding hydrogens is 434 g/mol. The molecule has 1 heterocycles. The van der Waals surface area contributed by atoms with Crippen LogP contribution in [0.5, 0.6) is 0 Å². The second-order valence-corrected chi connectivity index (χ2v) is 9.31. The number of nitrogens with zero attached hydrogens (tertiary/aromatic N) is 2. The molecule has 0 aliphatic heterocycles. The third kappa shape index (κ3) is 5.07. The average molecular weight is 450 g/mol. The van der Waals surface area contributed by atoms with Gasteiger partial charge in [0, 0.05) is 23.4 Å². The van der Waals surface area contributed by atoms with Gasteiger partial charge < -0.3 is 10.3 Å². The highest BCUT2D eigenvalue weighted by Crippen LogP contribution is 2.25. The van der Waals surface area contributed by atoms with Crippen molar-refractivity contribution in [1.29, 1.82) is 0 Å². The minimum absolute atomic E-state index is 0.00990. The lowest BCUT2D eigenvalue weighted by Gasteiger charge is -2.13. The normalized spacial score (nSPS) is 13.1. The minimum Gasteiger partial charge on any atom is -0.606 e. The SMILES string of the molecule is Cc1ccc(S(=O)(=O)O/N=C(\N)c2ncc(Cl)cc2[S+]([O-])c2ccccc2)cc1. The van der Waals surface area contributed by atoms with Crippen LogP contribution in [0.25, 0.3) is 0 Å². The topological polar surface area (TPSA) is 118 Å². The van der Waals surface area contributed by atoms with Gasteiger partial charge in [0.05, 0.1) is 5.02 Å². The molecule has 2 N–H and O–H groups in total. The fraction of sp³-hybridized carbons (Fsp3) is 0.0526. The van der Waals surface area contributed by atoms with Gasteiger partial charge in [0.15, 0.2) is 21.3 Å².